The van der Waals surface area contributed by atoms with Crippen molar-refractivity contribution >= 4 is 11.9 Å². The Morgan fingerprint density at radius 1 is 1.16 bits per heavy atom. The molecule has 0 spiro atoms. The van der Waals surface area contributed by atoms with Gasteiger partial charge in [0.15, 0.2) is 0 Å². The normalized spacial score (nSPS) is 16.3. The van der Waals surface area contributed by atoms with E-state index in [9.17, 15) is 9.59 Å². The van der Waals surface area contributed by atoms with E-state index in [2.05, 4.69) is 45.0 Å². The minimum Gasteiger partial charge on any atom is -0.481 e. The molecule has 25 heavy (non-hydrogen) atoms. The maximum Gasteiger partial charge on any atom is 0.306 e. The number of likely N-dealkylation sites (N-methyl/N-ethyl adjacent to an activating group) is 1. The fourth-order valence-corrected chi connectivity index (χ4v) is 3.18. The van der Waals surface area contributed by atoms with Crippen LogP contribution in [0.25, 0.3) is 0 Å². The molecule has 1 aliphatic rings. The van der Waals surface area contributed by atoms with E-state index in [0.717, 1.165) is 6.54 Å². The number of rotatable bonds is 5. The van der Waals surface area contributed by atoms with Crippen LogP contribution in [0.2, 0.25) is 0 Å². The molecular formula is C20H30N2O3. The van der Waals surface area contributed by atoms with Gasteiger partial charge >= 0.3 is 5.97 Å². The number of carboxylic acid groups (broad SMARTS) is 1. The lowest BCUT2D eigenvalue weighted by Crippen LogP contribution is -2.44. The van der Waals surface area contributed by atoms with E-state index in [4.69, 9.17) is 5.11 Å². The van der Waals surface area contributed by atoms with E-state index < -0.39 is 5.97 Å². The zero-order chi connectivity index (χ0) is 18.6. The number of benzene rings is 1. The van der Waals surface area contributed by atoms with Crippen LogP contribution >= 0.6 is 0 Å². The summed E-state index contributed by atoms with van der Waals surface area (Å²) in [7, 11) is 1.94. The molecule has 1 saturated heterocycles. The highest BCUT2D eigenvalue weighted by atomic mass is 16.4. The lowest BCUT2D eigenvalue weighted by molar-refractivity contribution is -0.145. The molecule has 0 bridgehead atoms. The zero-order valence-electron chi connectivity index (χ0n) is 15.8. The largest absolute Gasteiger partial charge is 0.481 e. The number of carboxylic acids is 1. The highest BCUT2D eigenvalue weighted by Gasteiger charge is 2.27. The van der Waals surface area contributed by atoms with Crippen LogP contribution in [0.3, 0.4) is 0 Å². The van der Waals surface area contributed by atoms with Crippen molar-refractivity contribution in [1.82, 2.24) is 9.80 Å². The summed E-state index contributed by atoms with van der Waals surface area (Å²) in [6.07, 6.45) is 1.11. The molecule has 0 atom stereocenters. The van der Waals surface area contributed by atoms with Crippen LogP contribution in [-0.4, -0.2) is 53.5 Å². The summed E-state index contributed by atoms with van der Waals surface area (Å²) >= 11 is 0. The standard InChI is InChI=1S/C20H30N2O3/c1-20(2,3)17-7-5-15(6-8-17)13-21(4)14-18(23)22-11-9-16(10-12-22)19(24)25/h5-8,16H,9-14H2,1-4H3,(H,24,25). The van der Waals surface area contributed by atoms with Gasteiger partial charge in [-0.15, -0.1) is 0 Å². The summed E-state index contributed by atoms with van der Waals surface area (Å²) in [5.41, 5.74) is 2.63. The van der Waals surface area contributed by atoms with Gasteiger partial charge < -0.3 is 10.0 Å². The molecule has 1 aliphatic heterocycles. The molecule has 0 unspecified atom stereocenters. The lowest BCUT2D eigenvalue weighted by atomic mass is 9.87. The number of likely N-dealkylation sites (tertiary alicyclic amines) is 1. The molecule has 1 aromatic carbocycles. The second kappa shape index (κ2) is 8.00. The van der Waals surface area contributed by atoms with Crippen LogP contribution in [0, 0.1) is 5.92 Å². The molecule has 5 nitrogen and oxygen atoms in total. The molecule has 0 aliphatic carbocycles. The topological polar surface area (TPSA) is 60.9 Å². The molecule has 0 radical (unpaired) electrons. The second-order valence-corrected chi connectivity index (χ2v) is 8.11. The van der Waals surface area contributed by atoms with Crippen LogP contribution in [0.4, 0.5) is 0 Å². The minimum atomic E-state index is -0.747. The zero-order valence-corrected chi connectivity index (χ0v) is 15.8. The number of aliphatic carboxylic acids is 1. The average molecular weight is 346 g/mol. The van der Waals surface area contributed by atoms with Gasteiger partial charge in [-0.1, -0.05) is 45.0 Å². The van der Waals surface area contributed by atoms with Gasteiger partial charge in [0.2, 0.25) is 5.91 Å². The molecule has 0 aromatic heterocycles. The molecular weight excluding hydrogens is 316 g/mol. The summed E-state index contributed by atoms with van der Waals surface area (Å²) in [6, 6.07) is 8.56. The van der Waals surface area contributed by atoms with Crippen LogP contribution in [-0.2, 0) is 21.5 Å². The molecule has 0 saturated carbocycles. The fraction of sp³-hybridized carbons (Fsp3) is 0.600. The second-order valence-electron chi connectivity index (χ2n) is 8.11. The van der Waals surface area contributed by atoms with Crippen molar-refractivity contribution in [3.63, 3.8) is 0 Å². The molecule has 1 amide bonds. The van der Waals surface area contributed by atoms with Crippen LogP contribution < -0.4 is 0 Å². The van der Waals surface area contributed by atoms with Gasteiger partial charge in [0.1, 0.15) is 0 Å². The first kappa shape index (κ1) is 19.4. The van der Waals surface area contributed by atoms with Gasteiger partial charge in [-0.25, -0.2) is 0 Å². The first-order valence-electron chi connectivity index (χ1n) is 8.95. The maximum absolute atomic E-state index is 12.4. The van der Waals surface area contributed by atoms with E-state index in [1.165, 1.54) is 11.1 Å². The van der Waals surface area contributed by atoms with E-state index in [1.54, 1.807) is 4.90 Å². The van der Waals surface area contributed by atoms with Crippen molar-refractivity contribution in [2.75, 3.05) is 26.7 Å². The molecule has 1 heterocycles. The number of carbonyl (C=O) groups is 2. The quantitative estimate of drug-likeness (QED) is 0.890. The number of hydrogen-bond donors (Lipinski definition) is 1. The molecule has 5 heteroatoms. The van der Waals surface area contributed by atoms with E-state index in [0.29, 0.717) is 32.5 Å². The smallest absolute Gasteiger partial charge is 0.306 e. The van der Waals surface area contributed by atoms with Crippen molar-refractivity contribution in [3.05, 3.63) is 35.4 Å². The van der Waals surface area contributed by atoms with Gasteiger partial charge in [0.05, 0.1) is 12.5 Å². The fourth-order valence-electron chi connectivity index (χ4n) is 3.18. The monoisotopic (exact) mass is 346 g/mol. The summed E-state index contributed by atoms with van der Waals surface area (Å²) in [4.78, 5) is 27.2. The molecule has 138 valence electrons. The van der Waals surface area contributed by atoms with Crippen molar-refractivity contribution in [3.8, 4) is 0 Å². The lowest BCUT2D eigenvalue weighted by Gasteiger charge is -2.31. The summed E-state index contributed by atoms with van der Waals surface area (Å²) in [5, 5.41) is 9.03. The first-order valence-corrected chi connectivity index (χ1v) is 8.95. The Bertz CT molecular complexity index is 596. The number of carbonyl (C=O) groups excluding carboxylic acids is 1. The summed E-state index contributed by atoms with van der Waals surface area (Å²) in [6.45, 7) is 8.76. The highest BCUT2D eigenvalue weighted by Crippen LogP contribution is 2.22. The minimum absolute atomic E-state index is 0.0812. The maximum atomic E-state index is 12.4. The van der Waals surface area contributed by atoms with Crippen LogP contribution in [0.1, 0.15) is 44.7 Å². The van der Waals surface area contributed by atoms with E-state index in [1.807, 2.05) is 11.9 Å². The Kier molecular flexibility index (Phi) is 6.22. The Balaban J connectivity index is 1.83. The third-order valence-corrected chi connectivity index (χ3v) is 4.87. The number of hydrogen-bond acceptors (Lipinski definition) is 3. The highest BCUT2D eigenvalue weighted by molar-refractivity contribution is 5.79. The SMILES string of the molecule is CN(CC(=O)N1CCC(C(=O)O)CC1)Cc1ccc(C(C)(C)C)cc1. The number of amides is 1. The van der Waals surface area contributed by atoms with Gasteiger partial charge in [-0.3, -0.25) is 14.5 Å². The third kappa shape index (κ3) is 5.56. The molecule has 1 N–H and O–H groups in total. The average Bonchev–Trinajstić information content (AvgIpc) is 2.54. The van der Waals surface area contributed by atoms with Gasteiger partial charge in [0.25, 0.3) is 0 Å². The summed E-state index contributed by atoms with van der Waals surface area (Å²) < 4.78 is 0. The Hall–Kier alpha value is -1.88. The van der Waals surface area contributed by atoms with Crippen molar-refractivity contribution in [2.45, 2.75) is 45.6 Å². The van der Waals surface area contributed by atoms with Crippen molar-refractivity contribution in [2.24, 2.45) is 5.92 Å². The van der Waals surface area contributed by atoms with Gasteiger partial charge in [-0.05, 0) is 36.4 Å². The number of piperidine rings is 1. The number of nitrogens with zero attached hydrogens (tertiary/aromatic N) is 2. The third-order valence-electron chi connectivity index (χ3n) is 4.87. The molecule has 1 fully saturated rings. The van der Waals surface area contributed by atoms with Gasteiger partial charge in [-0.2, -0.15) is 0 Å². The van der Waals surface area contributed by atoms with Crippen molar-refractivity contribution in [1.29, 1.82) is 0 Å². The van der Waals surface area contributed by atoms with Crippen LogP contribution in [0.5, 0.6) is 0 Å². The van der Waals surface area contributed by atoms with Crippen LogP contribution in [0.15, 0.2) is 24.3 Å². The Morgan fingerprint density at radius 3 is 2.20 bits per heavy atom. The predicted octanol–water partition coefficient (Wildman–Crippen LogP) is 2.74. The van der Waals surface area contributed by atoms with Crippen molar-refractivity contribution < 1.29 is 14.7 Å². The Morgan fingerprint density at radius 2 is 1.72 bits per heavy atom. The molecule has 1 aromatic rings. The first-order chi connectivity index (χ1) is 11.7. The predicted molar refractivity (Wildman–Crippen MR) is 98.4 cm³/mol. The van der Waals surface area contributed by atoms with Gasteiger partial charge in [0, 0.05) is 19.6 Å². The van der Waals surface area contributed by atoms with E-state index in [-0.39, 0.29) is 17.2 Å². The molecule has 2 rings (SSSR count). The Labute approximate surface area is 150 Å². The summed E-state index contributed by atoms with van der Waals surface area (Å²) in [5.74, 6) is -0.969. The van der Waals surface area contributed by atoms with E-state index >= 15 is 0 Å².